The number of nitrogens with zero attached hydrogens (tertiary/aromatic N) is 4. The lowest BCUT2D eigenvalue weighted by Gasteiger charge is -2.50. The van der Waals surface area contributed by atoms with Gasteiger partial charge in [0.25, 0.3) is 0 Å². The van der Waals surface area contributed by atoms with Gasteiger partial charge in [0.1, 0.15) is 17.2 Å². The molecule has 1 aromatic carbocycles. The zero-order chi connectivity index (χ0) is 31.3. The van der Waals surface area contributed by atoms with Crippen LogP contribution in [-0.4, -0.2) is 40.0 Å². The zero-order valence-corrected chi connectivity index (χ0v) is 25.7. The maximum atomic E-state index is 13.0. The smallest absolute Gasteiger partial charge is 0.387 e. The van der Waals surface area contributed by atoms with Crippen LogP contribution in [0.5, 0.6) is 5.75 Å². The number of ether oxygens (including phenoxy) is 2. The highest BCUT2D eigenvalue weighted by molar-refractivity contribution is 6.39. The SMILES string of the molecule is COC(=O)c1cc(OC(F)F)cc(-c2noc(C34CCC(C=Cc5c(-c6c(Cl)cncc6Cl)noc5C5CC5)(CC3)CC4)n2)c1. The van der Waals surface area contributed by atoms with Crippen LogP contribution in [0.4, 0.5) is 8.78 Å². The van der Waals surface area contributed by atoms with Gasteiger partial charge in [-0.1, -0.05) is 45.7 Å². The fourth-order valence-corrected chi connectivity index (χ4v) is 7.21. The number of aromatic nitrogens is 4. The first-order valence-corrected chi connectivity index (χ1v) is 15.5. The summed E-state index contributed by atoms with van der Waals surface area (Å²) in [5.74, 6) is 0.998. The Labute approximate surface area is 266 Å². The monoisotopic (exact) mass is 656 g/mol. The summed E-state index contributed by atoms with van der Waals surface area (Å²) in [7, 11) is 1.21. The minimum absolute atomic E-state index is 0.0118. The number of carbonyl (C=O) groups excluding carboxylic acids is 1. The molecule has 3 aromatic heterocycles. The van der Waals surface area contributed by atoms with Gasteiger partial charge in [-0.05, 0) is 75.0 Å². The highest BCUT2D eigenvalue weighted by atomic mass is 35.5. The maximum Gasteiger partial charge on any atom is 0.387 e. The summed E-state index contributed by atoms with van der Waals surface area (Å²) < 4.78 is 46.8. The quantitative estimate of drug-likeness (QED) is 0.163. The van der Waals surface area contributed by atoms with E-state index in [0.29, 0.717) is 38.7 Å². The number of methoxy groups -OCH3 is 1. The van der Waals surface area contributed by atoms with Gasteiger partial charge in [0.2, 0.25) is 11.7 Å². The molecule has 4 aromatic rings. The second kappa shape index (κ2) is 11.5. The molecule has 0 saturated heterocycles. The van der Waals surface area contributed by atoms with Gasteiger partial charge in [-0.2, -0.15) is 13.8 Å². The van der Waals surface area contributed by atoms with Crippen molar-refractivity contribution in [2.75, 3.05) is 7.11 Å². The molecule has 0 atom stereocenters. The second-order valence-corrected chi connectivity index (χ2v) is 12.9. The van der Waals surface area contributed by atoms with Crippen LogP contribution in [0.15, 0.2) is 45.7 Å². The number of hydrogen-bond acceptors (Lipinski definition) is 9. The molecule has 4 aliphatic carbocycles. The largest absolute Gasteiger partial charge is 0.465 e. The summed E-state index contributed by atoms with van der Waals surface area (Å²) >= 11 is 13.0. The average molecular weight is 658 g/mol. The molecular formula is C32H28Cl2F2N4O5. The van der Waals surface area contributed by atoms with Crippen molar-refractivity contribution in [2.45, 2.75) is 69.3 Å². The molecule has 0 amide bonds. The Morgan fingerprint density at radius 2 is 1.73 bits per heavy atom. The summed E-state index contributed by atoms with van der Waals surface area (Å²) in [5, 5.41) is 9.37. The van der Waals surface area contributed by atoms with Crippen LogP contribution in [0.3, 0.4) is 0 Å². The number of carbonyl (C=O) groups is 1. The van der Waals surface area contributed by atoms with E-state index in [1.807, 2.05) is 0 Å². The molecule has 45 heavy (non-hydrogen) atoms. The lowest BCUT2D eigenvalue weighted by atomic mass is 9.53. The van der Waals surface area contributed by atoms with Gasteiger partial charge in [0.05, 0.1) is 22.7 Å². The van der Waals surface area contributed by atoms with Crippen LogP contribution in [0.2, 0.25) is 10.0 Å². The van der Waals surface area contributed by atoms with Crippen LogP contribution in [-0.2, 0) is 10.2 Å². The van der Waals surface area contributed by atoms with E-state index >= 15 is 0 Å². The Balaban J connectivity index is 1.13. The Hall–Kier alpha value is -3.83. The third-order valence-electron chi connectivity index (χ3n) is 9.39. The normalized spacial score (nSPS) is 22.8. The van der Waals surface area contributed by atoms with E-state index in [9.17, 15) is 13.6 Å². The molecule has 0 N–H and O–H groups in total. The molecule has 4 fully saturated rings. The average Bonchev–Trinajstić information content (AvgIpc) is 3.59. The maximum absolute atomic E-state index is 13.0. The fourth-order valence-electron chi connectivity index (χ4n) is 6.67. The van der Waals surface area contributed by atoms with E-state index in [0.717, 1.165) is 62.7 Å². The fraction of sp³-hybridized carbons (Fsp3) is 0.406. The summed E-state index contributed by atoms with van der Waals surface area (Å²) in [6.07, 6.45) is 14.9. The van der Waals surface area contributed by atoms with Gasteiger partial charge >= 0.3 is 12.6 Å². The van der Waals surface area contributed by atoms with E-state index in [4.69, 9.17) is 37.0 Å². The van der Waals surface area contributed by atoms with Crippen LogP contribution < -0.4 is 4.74 Å². The summed E-state index contributed by atoms with van der Waals surface area (Å²) in [6, 6.07) is 4.01. The predicted molar refractivity (Wildman–Crippen MR) is 160 cm³/mol. The van der Waals surface area contributed by atoms with Gasteiger partial charge in [0.15, 0.2) is 0 Å². The molecule has 3 heterocycles. The van der Waals surface area contributed by atoms with Crippen LogP contribution in [0, 0.1) is 5.41 Å². The number of esters is 1. The summed E-state index contributed by atoms with van der Waals surface area (Å²) in [5.41, 5.74) is 2.20. The molecule has 2 bridgehead atoms. The van der Waals surface area contributed by atoms with Crippen LogP contribution in [0.1, 0.15) is 84.9 Å². The van der Waals surface area contributed by atoms with Gasteiger partial charge in [0, 0.05) is 40.4 Å². The van der Waals surface area contributed by atoms with Crippen molar-refractivity contribution in [2.24, 2.45) is 5.41 Å². The number of alkyl halides is 2. The van der Waals surface area contributed by atoms with Crippen molar-refractivity contribution in [1.82, 2.24) is 20.3 Å². The van der Waals surface area contributed by atoms with Gasteiger partial charge in [-0.3, -0.25) is 4.98 Å². The number of pyridine rings is 1. The Morgan fingerprint density at radius 1 is 1.02 bits per heavy atom. The molecule has 9 nitrogen and oxygen atoms in total. The molecule has 0 spiro atoms. The minimum atomic E-state index is -3.06. The van der Waals surface area contributed by atoms with E-state index in [2.05, 4.69) is 37.2 Å². The first-order chi connectivity index (χ1) is 21.7. The number of rotatable bonds is 9. The predicted octanol–water partition coefficient (Wildman–Crippen LogP) is 8.66. The summed E-state index contributed by atoms with van der Waals surface area (Å²) in [4.78, 5) is 20.9. The molecule has 0 unspecified atom stereocenters. The lowest BCUT2D eigenvalue weighted by molar-refractivity contribution is -0.0498. The molecule has 4 saturated carbocycles. The Bertz CT molecular complexity index is 1760. The van der Waals surface area contributed by atoms with E-state index in [-0.39, 0.29) is 28.0 Å². The first-order valence-electron chi connectivity index (χ1n) is 14.7. The topological polar surface area (TPSA) is 113 Å². The number of hydrogen-bond donors (Lipinski definition) is 0. The Morgan fingerprint density at radius 3 is 2.38 bits per heavy atom. The summed E-state index contributed by atoms with van der Waals surface area (Å²) in [6.45, 7) is -3.06. The zero-order valence-electron chi connectivity index (χ0n) is 24.2. The van der Waals surface area contributed by atoms with E-state index in [1.165, 1.54) is 25.3 Å². The highest BCUT2D eigenvalue weighted by Crippen LogP contribution is 2.58. The lowest BCUT2D eigenvalue weighted by Crippen LogP contribution is -2.43. The van der Waals surface area contributed by atoms with Crippen molar-refractivity contribution < 1.29 is 32.1 Å². The van der Waals surface area contributed by atoms with Crippen molar-refractivity contribution in [3.63, 3.8) is 0 Å². The third kappa shape index (κ3) is 5.61. The van der Waals surface area contributed by atoms with Gasteiger partial charge in [-0.25, -0.2) is 4.79 Å². The highest BCUT2D eigenvalue weighted by Gasteiger charge is 2.51. The molecule has 234 valence electrons. The standard InChI is InChI=1S/C32H28Cl2F2N4O5/c1-42-28(41)19-12-18(13-20(14-19)43-30(35)36)27-38-29(45-40-27)32-9-6-31(7-10-32,8-11-32)5-4-21-25(39-44-26(21)17-2-3-17)24-22(33)15-37-16-23(24)34/h4-5,12-17,30H,2-3,6-11H2,1H3. The van der Waals surface area contributed by atoms with E-state index in [1.54, 1.807) is 12.4 Å². The molecule has 0 aliphatic heterocycles. The first kappa shape index (κ1) is 29.9. The molecular weight excluding hydrogens is 629 g/mol. The van der Waals surface area contributed by atoms with Crippen molar-refractivity contribution in [1.29, 1.82) is 0 Å². The van der Waals surface area contributed by atoms with Crippen molar-refractivity contribution in [3.05, 3.63) is 69.5 Å². The number of allylic oxidation sites excluding steroid dienone is 1. The van der Waals surface area contributed by atoms with Crippen molar-refractivity contribution in [3.8, 4) is 28.4 Å². The van der Waals surface area contributed by atoms with Crippen molar-refractivity contribution >= 4 is 35.2 Å². The van der Waals surface area contributed by atoms with Gasteiger partial charge < -0.3 is 18.5 Å². The molecule has 13 heteroatoms. The van der Waals surface area contributed by atoms with Gasteiger partial charge in [-0.15, -0.1) is 0 Å². The Kier molecular flexibility index (Phi) is 7.64. The molecule has 8 rings (SSSR count). The molecule has 0 radical (unpaired) electrons. The third-order valence-corrected chi connectivity index (χ3v) is 9.97. The number of benzene rings is 1. The van der Waals surface area contributed by atoms with E-state index < -0.39 is 12.6 Å². The van der Waals surface area contributed by atoms with Crippen LogP contribution in [0.25, 0.3) is 28.7 Å². The second-order valence-electron chi connectivity index (χ2n) is 12.1. The number of fused-ring (bicyclic) bond motifs is 3. The van der Waals surface area contributed by atoms with Crippen LogP contribution >= 0.6 is 23.2 Å². The minimum Gasteiger partial charge on any atom is -0.465 e. The number of halogens is 4. The molecule has 4 aliphatic rings.